The second kappa shape index (κ2) is 6.05. The fourth-order valence-electron chi connectivity index (χ4n) is 1.66. The maximum absolute atomic E-state index is 11.9. The van der Waals surface area contributed by atoms with Crippen molar-refractivity contribution in [2.45, 2.75) is 13.3 Å². The zero-order valence-corrected chi connectivity index (χ0v) is 11.3. The number of aromatic nitrogens is 2. The summed E-state index contributed by atoms with van der Waals surface area (Å²) in [6.07, 6.45) is 2.22. The van der Waals surface area contributed by atoms with Crippen molar-refractivity contribution in [1.29, 1.82) is 0 Å². The van der Waals surface area contributed by atoms with Gasteiger partial charge in [0.1, 0.15) is 6.54 Å². The van der Waals surface area contributed by atoms with Crippen LogP contribution in [0, 0.1) is 0 Å². The molecule has 0 unspecified atom stereocenters. The first kappa shape index (κ1) is 13.9. The number of nitrogens with one attached hydrogen (secondary N) is 2. The molecule has 20 heavy (non-hydrogen) atoms. The van der Waals surface area contributed by atoms with Crippen LogP contribution in [0.15, 0.2) is 28.9 Å². The lowest BCUT2D eigenvalue weighted by molar-refractivity contribution is -0.116. The van der Waals surface area contributed by atoms with Gasteiger partial charge in [-0.15, -0.1) is 0 Å². The molecular weight excluding hydrogens is 260 g/mol. The number of likely N-dealkylation sites (N-methyl/N-ethyl adjacent to an activating group) is 1. The molecule has 0 aliphatic heterocycles. The first-order valence-corrected chi connectivity index (χ1v) is 6.23. The van der Waals surface area contributed by atoms with Crippen molar-refractivity contribution in [3.8, 4) is 0 Å². The lowest BCUT2D eigenvalue weighted by Gasteiger charge is -2.14. The quantitative estimate of drug-likeness (QED) is 0.860. The highest BCUT2D eigenvalue weighted by Gasteiger charge is 2.17. The van der Waals surface area contributed by atoms with Gasteiger partial charge >= 0.3 is 0 Å². The first-order valence-electron chi connectivity index (χ1n) is 6.23. The van der Waals surface area contributed by atoms with Crippen LogP contribution in [0.25, 0.3) is 0 Å². The molecule has 2 aromatic heterocycles. The van der Waals surface area contributed by atoms with Gasteiger partial charge in [-0.25, -0.2) is 0 Å². The number of carbonyl (C=O) groups excluding carboxylic acids is 2. The van der Waals surface area contributed by atoms with Gasteiger partial charge in [-0.05, 0) is 18.6 Å². The summed E-state index contributed by atoms with van der Waals surface area (Å²) < 4.78 is 4.99. The summed E-state index contributed by atoms with van der Waals surface area (Å²) in [6, 6.07) is 4.93. The maximum atomic E-state index is 11.9. The Morgan fingerprint density at radius 2 is 2.30 bits per heavy atom. The van der Waals surface area contributed by atoms with Crippen molar-refractivity contribution in [3.05, 3.63) is 35.9 Å². The van der Waals surface area contributed by atoms with Crippen LogP contribution in [-0.2, 0) is 11.2 Å². The van der Waals surface area contributed by atoms with Gasteiger partial charge in [-0.2, -0.15) is 5.10 Å². The molecular formula is C13H16N4O3. The van der Waals surface area contributed by atoms with Crippen molar-refractivity contribution >= 4 is 17.6 Å². The molecule has 106 valence electrons. The number of aromatic amines is 1. The Labute approximate surface area is 116 Å². The van der Waals surface area contributed by atoms with Gasteiger partial charge in [0.25, 0.3) is 5.91 Å². The molecule has 0 aromatic carbocycles. The first-order chi connectivity index (χ1) is 9.60. The van der Waals surface area contributed by atoms with Gasteiger partial charge in [-0.1, -0.05) is 6.92 Å². The number of amides is 2. The predicted octanol–water partition coefficient (Wildman–Crippen LogP) is 1.28. The third kappa shape index (κ3) is 3.25. The number of anilines is 1. The molecule has 2 amide bonds. The van der Waals surface area contributed by atoms with Crippen LogP contribution in [0.4, 0.5) is 5.82 Å². The Morgan fingerprint density at radius 3 is 2.90 bits per heavy atom. The molecule has 2 rings (SSSR count). The fourth-order valence-corrected chi connectivity index (χ4v) is 1.66. The molecule has 0 aliphatic rings. The summed E-state index contributed by atoms with van der Waals surface area (Å²) in [5.74, 6) is -0.0120. The van der Waals surface area contributed by atoms with E-state index >= 15 is 0 Å². The van der Waals surface area contributed by atoms with E-state index < -0.39 is 0 Å². The number of aryl methyl sites for hydroxylation is 1. The number of furan rings is 1. The average molecular weight is 276 g/mol. The number of hydrogen-bond acceptors (Lipinski definition) is 4. The molecule has 0 saturated heterocycles. The summed E-state index contributed by atoms with van der Waals surface area (Å²) in [5.41, 5.74) is 0.931. The molecule has 0 saturated carbocycles. The van der Waals surface area contributed by atoms with E-state index in [9.17, 15) is 9.59 Å². The minimum Gasteiger partial charge on any atom is -0.459 e. The third-order valence-corrected chi connectivity index (χ3v) is 2.74. The van der Waals surface area contributed by atoms with Crippen molar-refractivity contribution in [2.75, 3.05) is 18.9 Å². The average Bonchev–Trinajstić information content (AvgIpc) is 3.08. The SMILES string of the molecule is CCc1cc(NC(=O)CN(C)C(=O)c2ccco2)n[nH]1. The molecule has 0 fully saturated rings. The van der Waals surface area contributed by atoms with Crippen LogP contribution in [0.1, 0.15) is 23.2 Å². The summed E-state index contributed by atoms with van der Waals surface area (Å²) in [5, 5.41) is 9.37. The Bertz CT molecular complexity index is 589. The highest BCUT2D eigenvalue weighted by Crippen LogP contribution is 2.07. The maximum Gasteiger partial charge on any atom is 0.289 e. The van der Waals surface area contributed by atoms with E-state index in [2.05, 4.69) is 15.5 Å². The minimum absolute atomic E-state index is 0.0755. The van der Waals surface area contributed by atoms with Gasteiger partial charge in [0.15, 0.2) is 11.6 Å². The zero-order valence-electron chi connectivity index (χ0n) is 11.3. The number of rotatable bonds is 5. The molecule has 0 aliphatic carbocycles. The molecule has 2 aromatic rings. The summed E-state index contributed by atoms with van der Waals surface area (Å²) in [7, 11) is 1.53. The second-order valence-corrected chi connectivity index (χ2v) is 4.32. The number of H-pyrrole nitrogens is 1. The Kier molecular flexibility index (Phi) is 4.19. The van der Waals surface area contributed by atoms with E-state index in [0.29, 0.717) is 5.82 Å². The van der Waals surface area contributed by atoms with E-state index in [4.69, 9.17) is 4.42 Å². The van der Waals surface area contributed by atoms with Gasteiger partial charge in [0.05, 0.1) is 6.26 Å². The predicted molar refractivity (Wildman–Crippen MR) is 72.3 cm³/mol. The number of hydrogen-bond donors (Lipinski definition) is 2. The van der Waals surface area contributed by atoms with Crippen molar-refractivity contribution in [3.63, 3.8) is 0 Å². The summed E-state index contributed by atoms with van der Waals surface area (Å²) in [4.78, 5) is 25.0. The molecule has 2 N–H and O–H groups in total. The monoisotopic (exact) mass is 276 g/mol. The second-order valence-electron chi connectivity index (χ2n) is 4.32. The van der Waals surface area contributed by atoms with E-state index in [1.165, 1.54) is 18.2 Å². The molecule has 0 spiro atoms. The molecule has 0 bridgehead atoms. The largest absolute Gasteiger partial charge is 0.459 e. The van der Waals surface area contributed by atoms with Crippen LogP contribution in [-0.4, -0.2) is 40.5 Å². The van der Waals surface area contributed by atoms with Crippen LogP contribution in [0.3, 0.4) is 0 Å². The van der Waals surface area contributed by atoms with E-state index in [0.717, 1.165) is 12.1 Å². The molecule has 7 nitrogen and oxygen atoms in total. The Hall–Kier alpha value is -2.57. The van der Waals surface area contributed by atoms with Crippen LogP contribution < -0.4 is 5.32 Å². The highest BCUT2D eigenvalue weighted by molar-refractivity contribution is 5.97. The van der Waals surface area contributed by atoms with E-state index in [-0.39, 0.29) is 24.1 Å². The van der Waals surface area contributed by atoms with Gasteiger partial charge < -0.3 is 14.6 Å². The molecule has 0 atom stereocenters. The third-order valence-electron chi connectivity index (χ3n) is 2.74. The van der Waals surface area contributed by atoms with Gasteiger partial charge in [0, 0.05) is 18.8 Å². The number of nitrogens with zero attached hydrogens (tertiary/aromatic N) is 2. The van der Waals surface area contributed by atoms with E-state index in [1.807, 2.05) is 6.92 Å². The highest BCUT2D eigenvalue weighted by atomic mass is 16.3. The number of carbonyl (C=O) groups is 2. The van der Waals surface area contributed by atoms with Crippen LogP contribution >= 0.6 is 0 Å². The minimum atomic E-state index is -0.346. The molecule has 7 heteroatoms. The van der Waals surface area contributed by atoms with Gasteiger partial charge in [0.2, 0.25) is 5.91 Å². The zero-order chi connectivity index (χ0) is 14.5. The Balaban J connectivity index is 1.89. The van der Waals surface area contributed by atoms with E-state index in [1.54, 1.807) is 18.2 Å². The summed E-state index contributed by atoms with van der Waals surface area (Å²) in [6.45, 7) is 1.91. The standard InChI is InChI=1S/C13H16N4O3/c1-3-9-7-11(16-15-9)14-12(18)8-17(2)13(19)10-5-4-6-20-10/h4-7H,3,8H2,1-2H3,(H2,14,15,16,18). The topological polar surface area (TPSA) is 91.2 Å². The molecule has 0 radical (unpaired) electrons. The lowest BCUT2D eigenvalue weighted by atomic mass is 10.3. The van der Waals surface area contributed by atoms with Crippen molar-refractivity contribution < 1.29 is 14.0 Å². The van der Waals surface area contributed by atoms with Crippen molar-refractivity contribution in [1.82, 2.24) is 15.1 Å². The normalized spacial score (nSPS) is 10.3. The smallest absolute Gasteiger partial charge is 0.289 e. The lowest BCUT2D eigenvalue weighted by Crippen LogP contribution is -2.34. The van der Waals surface area contributed by atoms with Gasteiger partial charge in [-0.3, -0.25) is 14.7 Å². The van der Waals surface area contributed by atoms with Crippen LogP contribution in [0.5, 0.6) is 0 Å². The van der Waals surface area contributed by atoms with Crippen molar-refractivity contribution in [2.24, 2.45) is 0 Å². The fraction of sp³-hybridized carbons (Fsp3) is 0.308. The molecule has 2 heterocycles. The van der Waals surface area contributed by atoms with Crippen LogP contribution in [0.2, 0.25) is 0 Å². The summed E-state index contributed by atoms with van der Waals surface area (Å²) >= 11 is 0. The Morgan fingerprint density at radius 1 is 1.50 bits per heavy atom.